The van der Waals surface area contributed by atoms with Gasteiger partial charge in [0.15, 0.2) is 0 Å². The topological polar surface area (TPSA) is 70.2 Å². The molecule has 2 amide bonds. The molecule has 1 unspecified atom stereocenters. The summed E-state index contributed by atoms with van der Waals surface area (Å²) in [4.78, 5) is 24.9. The summed E-state index contributed by atoms with van der Waals surface area (Å²) in [6, 6.07) is 12.0. The van der Waals surface area contributed by atoms with Gasteiger partial charge in [-0.05, 0) is 48.6 Å². The number of rotatable bonds is 7. The van der Waals surface area contributed by atoms with Crippen molar-refractivity contribution >= 4 is 34.5 Å². The van der Waals surface area contributed by atoms with E-state index in [1.165, 1.54) is 50.4 Å². The zero-order chi connectivity index (χ0) is 19.1. The molecule has 2 aromatic rings. The first-order valence-corrected chi connectivity index (χ1v) is 10.4. The number of amides is 2. The van der Waals surface area contributed by atoms with Gasteiger partial charge in [-0.2, -0.15) is 0 Å². The van der Waals surface area contributed by atoms with E-state index in [0.717, 1.165) is 16.3 Å². The van der Waals surface area contributed by atoms with Gasteiger partial charge in [0.1, 0.15) is 0 Å². The van der Waals surface area contributed by atoms with Crippen LogP contribution in [-0.2, 0) is 9.59 Å². The lowest BCUT2D eigenvalue weighted by atomic mass is 9.95. The van der Waals surface area contributed by atoms with Crippen LogP contribution in [0.5, 0.6) is 0 Å². The zero-order valence-electron chi connectivity index (χ0n) is 15.7. The molecule has 0 saturated heterocycles. The molecule has 0 aliphatic heterocycles. The molecular formula is C21H27N3O2S. The number of carbonyl (C=O) groups is 2. The molecule has 1 atom stereocenters. The smallest absolute Gasteiger partial charge is 0.226 e. The molecule has 1 saturated carbocycles. The van der Waals surface area contributed by atoms with Crippen molar-refractivity contribution in [3.8, 4) is 0 Å². The van der Waals surface area contributed by atoms with Gasteiger partial charge in [0.25, 0.3) is 0 Å². The van der Waals surface area contributed by atoms with E-state index in [4.69, 9.17) is 0 Å². The van der Waals surface area contributed by atoms with E-state index < -0.39 is 0 Å². The van der Waals surface area contributed by atoms with Crippen molar-refractivity contribution in [1.82, 2.24) is 5.32 Å². The van der Waals surface area contributed by atoms with E-state index in [2.05, 4.69) is 16.0 Å². The van der Waals surface area contributed by atoms with Gasteiger partial charge < -0.3 is 16.0 Å². The van der Waals surface area contributed by atoms with E-state index in [9.17, 15) is 9.59 Å². The fourth-order valence-electron chi connectivity index (χ4n) is 3.49. The van der Waals surface area contributed by atoms with Crippen LogP contribution in [0.2, 0.25) is 0 Å². The SMILES string of the molecule is CC(=O)NC(CC(=O)Nc1ccc(NC2CCCCC2)cc1)c1cccs1. The van der Waals surface area contributed by atoms with Crippen molar-refractivity contribution in [2.45, 2.75) is 57.5 Å². The third-order valence-corrected chi connectivity index (χ3v) is 5.78. The van der Waals surface area contributed by atoms with Gasteiger partial charge >= 0.3 is 0 Å². The van der Waals surface area contributed by atoms with Crippen molar-refractivity contribution in [2.75, 3.05) is 10.6 Å². The van der Waals surface area contributed by atoms with Crippen LogP contribution in [0.4, 0.5) is 11.4 Å². The maximum Gasteiger partial charge on any atom is 0.226 e. The molecule has 3 N–H and O–H groups in total. The standard InChI is InChI=1S/C21H27N3O2S/c1-15(25)22-19(20-8-5-13-27-20)14-21(26)24-18-11-9-17(10-12-18)23-16-6-3-2-4-7-16/h5,8-13,16,19,23H,2-4,6-7,14H2,1H3,(H,22,25)(H,24,26). The second-order valence-electron chi connectivity index (χ2n) is 7.08. The van der Waals surface area contributed by atoms with Crippen molar-refractivity contribution in [1.29, 1.82) is 0 Å². The van der Waals surface area contributed by atoms with E-state index in [1.807, 2.05) is 41.8 Å². The van der Waals surface area contributed by atoms with Crippen LogP contribution in [0.25, 0.3) is 0 Å². The summed E-state index contributed by atoms with van der Waals surface area (Å²) in [7, 11) is 0. The summed E-state index contributed by atoms with van der Waals surface area (Å²) in [5.41, 5.74) is 1.86. The molecule has 1 aliphatic carbocycles. The second-order valence-corrected chi connectivity index (χ2v) is 8.06. The number of hydrogen-bond acceptors (Lipinski definition) is 4. The molecule has 1 fully saturated rings. The Labute approximate surface area is 164 Å². The molecule has 0 radical (unpaired) electrons. The predicted octanol–water partition coefficient (Wildman–Crippen LogP) is 4.70. The number of benzene rings is 1. The van der Waals surface area contributed by atoms with Crippen molar-refractivity contribution in [2.24, 2.45) is 0 Å². The van der Waals surface area contributed by atoms with E-state index in [1.54, 1.807) is 0 Å². The molecule has 1 aliphatic rings. The van der Waals surface area contributed by atoms with E-state index in [-0.39, 0.29) is 24.3 Å². The second kappa shape index (κ2) is 9.55. The summed E-state index contributed by atoms with van der Waals surface area (Å²) in [5, 5.41) is 11.3. The number of nitrogens with one attached hydrogen (secondary N) is 3. The molecular weight excluding hydrogens is 358 g/mol. The first-order valence-electron chi connectivity index (χ1n) is 9.57. The van der Waals surface area contributed by atoms with Gasteiger partial charge in [-0.25, -0.2) is 0 Å². The molecule has 1 heterocycles. The van der Waals surface area contributed by atoms with Crippen LogP contribution in [-0.4, -0.2) is 17.9 Å². The molecule has 3 rings (SSSR count). The average Bonchev–Trinajstić information content (AvgIpc) is 3.18. The summed E-state index contributed by atoms with van der Waals surface area (Å²) in [6.45, 7) is 1.47. The van der Waals surface area contributed by atoms with Gasteiger partial charge in [0.2, 0.25) is 11.8 Å². The highest BCUT2D eigenvalue weighted by molar-refractivity contribution is 7.10. The molecule has 5 nitrogen and oxygen atoms in total. The van der Waals surface area contributed by atoms with Gasteiger partial charge in [0, 0.05) is 29.2 Å². The van der Waals surface area contributed by atoms with E-state index >= 15 is 0 Å². The fourth-order valence-corrected chi connectivity index (χ4v) is 4.27. The summed E-state index contributed by atoms with van der Waals surface area (Å²) >= 11 is 1.54. The van der Waals surface area contributed by atoms with Crippen LogP contribution >= 0.6 is 11.3 Å². The number of anilines is 2. The molecule has 0 bridgehead atoms. The summed E-state index contributed by atoms with van der Waals surface area (Å²) in [6.07, 6.45) is 6.60. The highest BCUT2D eigenvalue weighted by Gasteiger charge is 2.18. The van der Waals surface area contributed by atoms with Gasteiger partial charge in [0.05, 0.1) is 12.5 Å². The van der Waals surface area contributed by atoms with E-state index in [0.29, 0.717) is 6.04 Å². The van der Waals surface area contributed by atoms with Crippen LogP contribution in [0, 0.1) is 0 Å². The molecule has 0 spiro atoms. The first kappa shape index (κ1) is 19.4. The maximum absolute atomic E-state index is 12.4. The predicted molar refractivity (Wildman–Crippen MR) is 111 cm³/mol. The lowest BCUT2D eigenvalue weighted by Gasteiger charge is -2.24. The van der Waals surface area contributed by atoms with Crippen LogP contribution in [0.3, 0.4) is 0 Å². The fraction of sp³-hybridized carbons (Fsp3) is 0.429. The molecule has 1 aromatic carbocycles. The Bertz CT molecular complexity index is 737. The van der Waals surface area contributed by atoms with Gasteiger partial charge in [-0.1, -0.05) is 25.3 Å². The molecule has 6 heteroatoms. The van der Waals surface area contributed by atoms with Gasteiger partial charge in [-0.3, -0.25) is 9.59 Å². The minimum absolute atomic E-state index is 0.116. The minimum atomic E-state index is -0.297. The Kier molecular flexibility index (Phi) is 6.87. The quantitative estimate of drug-likeness (QED) is 0.647. The Morgan fingerprint density at radius 1 is 1.07 bits per heavy atom. The lowest BCUT2D eigenvalue weighted by molar-refractivity contribution is -0.120. The van der Waals surface area contributed by atoms with Crippen LogP contribution in [0.15, 0.2) is 41.8 Å². The van der Waals surface area contributed by atoms with Crippen LogP contribution < -0.4 is 16.0 Å². The molecule has 144 valence electrons. The normalized spacial score (nSPS) is 15.7. The number of hydrogen-bond donors (Lipinski definition) is 3. The number of thiophene rings is 1. The first-order chi connectivity index (χ1) is 13.1. The third kappa shape index (κ3) is 6.10. The Morgan fingerprint density at radius 3 is 2.41 bits per heavy atom. The van der Waals surface area contributed by atoms with Crippen molar-refractivity contribution in [3.63, 3.8) is 0 Å². The van der Waals surface area contributed by atoms with Crippen molar-refractivity contribution < 1.29 is 9.59 Å². The maximum atomic E-state index is 12.4. The molecule has 27 heavy (non-hydrogen) atoms. The van der Waals surface area contributed by atoms with Crippen molar-refractivity contribution in [3.05, 3.63) is 46.7 Å². The Balaban J connectivity index is 1.54. The highest BCUT2D eigenvalue weighted by atomic mass is 32.1. The van der Waals surface area contributed by atoms with Gasteiger partial charge in [-0.15, -0.1) is 11.3 Å². The largest absolute Gasteiger partial charge is 0.382 e. The zero-order valence-corrected chi connectivity index (χ0v) is 16.5. The monoisotopic (exact) mass is 385 g/mol. The Hall–Kier alpha value is -2.34. The van der Waals surface area contributed by atoms with Crippen LogP contribution in [0.1, 0.15) is 56.4 Å². The third-order valence-electron chi connectivity index (χ3n) is 4.80. The molecule has 1 aromatic heterocycles. The average molecular weight is 386 g/mol. The summed E-state index contributed by atoms with van der Waals surface area (Å²) < 4.78 is 0. The highest BCUT2D eigenvalue weighted by Crippen LogP contribution is 2.24. The summed E-state index contributed by atoms with van der Waals surface area (Å²) in [5.74, 6) is -0.255. The number of carbonyl (C=O) groups excluding carboxylic acids is 2. The lowest BCUT2D eigenvalue weighted by Crippen LogP contribution is -2.29. The minimum Gasteiger partial charge on any atom is -0.382 e. The Morgan fingerprint density at radius 2 is 1.78 bits per heavy atom.